The van der Waals surface area contributed by atoms with E-state index in [1.54, 1.807) is 0 Å². The van der Waals surface area contributed by atoms with Crippen molar-refractivity contribution < 1.29 is 27.8 Å². The van der Waals surface area contributed by atoms with Crippen molar-refractivity contribution in [2.75, 3.05) is 19.8 Å². The van der Waals surface area contributed by atoms with E-state index in [0.29, 0.717) is 13.0 Å². The van der Waals surface area contributed by atoms with Crippen molar-refractivity contribution in [1.29, 1.82) is 0 Å². The van der Waals surface area contributed by atoms with Crippen molar-refractivity contribution in [3.8, 4) is 0 Å². The van der Waals surface area contributed by atoms with Crippen LogP contribution in [0.3, 0.4) is 0 Å². The van der Waals surface area contributed by atoms with E-state index in [2.05, 4.69) is 4.74 Å². The first-order valence-electron chi connectivity index (χ1n) is 6.01. The Morgan fingerprint density at radius 3 is 2.67 bits per heavy atom. The number of carbonyl (C=O) groups is 1. The van der Waals surface area contributed by atoms with Crippen LogP contribution in [0.1, 0.15) is 19.3 Å². The van der Waals surface area contributed by atoms with Gasteiger partial charge in [-0.1, -0.05) is 0 Å². The number of halogens is 3. The molecule has 2 aliphatic heterocycles. The molecule has 0 aromatic carbocycles. The summed E-state index contributed by atoms with van der Waals surface area (Å²) in [7, 11) is 0. The number of alkyl halides is 3. The maximum absolute atomic E-state index is 11.9. The predicted molar refractivity (Wildman–Crippen MR) is 56.1 cm³/mol. The summed E-state index contributed by atoms with van der Waals surface area (Å²) in [6.45, 7) is -0.855. The predicted octanol–water partition coefficient (Wildman–Crippen LogP) is 1.50. The number of aliphatic carboxylic acids is 1. The van der Waals surface area contributed by atoms with Gasteiger partial charge in [-0.2, -0.15) is 13.2 Å². The zero-order valence-electron chi connectivity index (χ0n) is 9.82. The molecule has 4 nitrogen and oxygen atoms in total. The molecule has 0 aliphatic carbocycles. The first kappa shape index (κ1) is 13.6. The van der Waals surface area contributed by atoms with Crippen LogP contribution in [0.5, 0.6) is 0 Å². The first-order valence-corrected chi connectivity index (χ1v) is 6.01. The average Bonchev–Trinajstić information content (AvgIpc) is 2.80. The molecule has 2 rings (SSSR count). The van der Waals surface area contributed by atoms with Crippen LogP contribution < -0.4 is 0 Å². The van der Waals surface area contributed by atoms with Crippen LogP contribution in [0.25, 0.3) is 0 Å². The van der Waals surface area contributed by atoms with Gasteiger partial charge in [0.2, 0.25) is 0 Å². The molecule has 7 heteroatoms. The van der Waals surface area contributed by atoms with E-state index >= 15 is 0 Å². The molecule has 104 valence electrons. The number of carboxylic acids is 1. The average molecular weight is 267 g/mol. The Kier molecular flexibility index (Phi) is 3.82. The summed E-state index contributed by atoms with van der Waals surface area (Å²) in [5.74, 6) is -1.17. The Morgan fingerprint density at radius 1 is 1.39 bits per heavy atom. The molecule has 0 amide bonds. The Balaban J connectivity index is 1.76. The van der Waals surface area contributed by atoms with E-state index < -0.39 is 18.8 Å². The van der Waals surface area contributed by atoms with Gasteiger partial charge in [0, 0.05) is 18.6 Å². The largest absolute Gasteiger partial charge is 0.481 e. The number of fused-ring (bicyclic) bond motifs is 2. The Morgan fingerprint density at radius 2 is 2.11 bits per heavy atom. The van der Waals surface area contributed by atoms with Crippen LogP contribution in [0, 0.1) is 5.92 Å². The van der Waals surface area contributed by atoms with E-state index in [1.165, 1.54) is 0 Å². The van der Waals surface area contributed by atoms with Crippen molar-refractivity contribution >= 4 is 5.97 Å². The lowest BCUT2D eigenvalue weighted by molar-refractivity contribution is -0.174. The van der Waals surface area contributed by atoms with Crippen LogP contribution in [0.15, 0.2) is 0 Å². The fourth-order valence-electron chi connectivity index (χ4n) is 3.07. The third-order valence-corrected chi connectivity index (χ3v) is 3.76. The van der Waals surface area contributed by atoms with Crippen LogP contribution in [-0.4, -0.2) is 54.0 Å². The molecule has 2 saturated heterocycles. The molecule has 3 unspecified atom stereocenters. The second kappa shape index (κ2) is 5.05. The van der Waals surface area contributed by atoms with Crippen LogP contribution in [0.4, 0.5) is 13.2 Å². The molecular formula is C11H16F3NO3. The van der Waals surface area contributed by atoms with Crippen LogP contribution in [0.2, 0.25) is 0 Å². The highest BCUT2D eigenvalue weighted by Crippen LogP contribution is 2.41. The van der Waals surface area contributed by atoms with E-state index in [4.69, 9.17) is 5.11 Å². The van der Waals surface area contributed by atoms with Gasteiger partial charge in [0.25, 0.3) is 0 Å². The third-order valence-electron chi connectivity index (χ3n) is 3.76. The second-order valence-electron chi connectivity index (χ2n) is 4.88. The fraction of sp³-hybridized carbons (Fsp3) is 0.909. The lowest BCUT2D eigenvalue weighted by atomic mass is 9.89. The van der Waals surface area contributed by atoms with Crippen molar-refractivity contribution in [3.63, 3.8) is 0 Å². The summed E-state index contributed by atoms with van der Waals surface area (Å²) in [6, 6.07) is 0.174. The lowest BCUT2D eigenvalue weighted by Gasteiger charge is -2.22. The van der Waals surface area contributed by atoms with Gasteiger partial charge in [0.05, 0.1) is 12.5 Å². The van der Waals surface area contributed by atoms with Gasteiger partial charge in [0.1, 0.15) is 6.61 Å². The van der Waals surface area contributed by atoms with Gasteiger partial charge in [-0.25, -0.2) is 0 Å². The third kappa shape index (κ3) is 2.95. The van der Waals surface area contributed by atoms with Crippen LogP contribution in [-0.2, 0) is 9.53 Å². The highest BCUT2D eigenvalue weighted by molar-refractivity contribution is 5.71. The topological polar surface area (TPSA) is 49.8 Å². The number of ether oxygens (including phenoxy) is 1. The summed E-state index contributed by atoms with van der Waals surface area (Å²) in [5, 5.41) is 9.02. The molecule has 0 aromatic heterocycles. The van der Waals surface area contributed by atoms with Crippen LogP contribution >= 0.6 is 0 Å². The summed E-state index contributed by atoms with van der Waals surface area (Å²) in [4.78, 5) is 13.0. The molecule has 2 aliphatic rings. The molecule has 0 spiro atoms. The minimum atomic E-state index is -4.30. The van der Waals surface area contributed by atoms with Gasteiger partial charge in [-0.3, -0.25) is 9.69 Å². The van der Waals surface area contributed by atoms with Crippen molar-refractivity contribution in [2.45, 2.75) is 37.5 Å². The standard InChI is InChI=1S/C11H16F3NO3/c12-11(13,14)6-18-4-3-15-7-1-2-9(15)8(5-7)10(16)17/h7-9H,1-6H2,(H,16,17). The summed E-state index contributed by atoms with van der Waals surface area (Å²) in [6.07, 6.45) is -1.93. The number of rotatable bonds is 5. The molecular weight excluding hydrogens is 251 g/mol. The molecule has 3 atom stereocenters. The lowest BCUT2D eigenvalue weighted by Crippen LogP contribution is -2.35. The van der Waals surface area contributed by atoms with E-state index in [9.17, 15) is 18.0 Å². The zero-order chi connectivity index (χ0) is 13.3. The van der Waals surface area contributed by atoms with Crippen molar-refractivity contribution in [1.82, 2.24) is 4.90 Å². The molecule has 0 saturated carbocycles. The smallest absolute Gasteiger partial charge is 0.411 e. The Bertz CT molecular complexity index is 321. The zero-order valence-corrected chi connectivity index (χ0v) is 9.82. The first-order chi connectivity index (χ1) is 8.38. The minimum Gasteiger partial charge on any atom is -0.481 e. The monoisotopic (exact) mass is 267 g/mol. The quantitative estimate of drug-likeness (QED) is 0.767. The molecule has 18 heavy (non-hydrogen) atoms. The van der Waals surface area contributed by atoms with Gasteiger partial charge in [-0.05, 0) is 19.3 Å². The maximum Gasteiger partial charge on any atom is 0.411 e. The summed E-state index contributed by atoms with van der Waals surface area (Å²) < 4.78 is 40.2. The molecule has 2 bridgehead atoms. The van der Waals surface area contributed by atoms with Gasteiger partial charge in [-0.15, -0.1) is 0 Å². The van der Waals surface area contributed by atoms with E-state index in [0.717, 1.165) is 12.8 Å². The number of carboxylic acid groups (broad SMARTS) is 1. The van der Waals surface area contributed by atoms with Crippen molar-refractivity contribution in [2.24, 2.45) is 5.92 Å². The number of hydrogen-bond donors (Lipinski definition) is 1. The molecule has 2 heterocycles. The van der Waals surface area contributed by atoms with E-state index in [-0.39, 0.29) is 24.6 Å². The van der Waals surface area contributed by atoms with Gasteiger partial charge in [0.15, 0.2) is 0 Å². The fourth-order valence-corrected chi connectivity index (χ4v) is 3.07. The number of hydrogen-bond acceptors (Lipinski definition) is 3. The highest BCUT2D eigenvalue weighted by atomic mass is 19.4. The summed E-state index contributed by atoms with van der Waals surface area (Å²) in [5.41, 5.74) is 0. The van der Waals surface area contributed by atoms with Crippen molar-refractivity contribution in [3.05, 3.63) is 0 Å². The van der Waals surface area contributed by atoms with Gasteiger partial charge < -0.3 is 9.84 Å². The minimum absolute atomic E-state index is 0.00114. The number of nitrogens with zero attached hydrogens (tertiary/aromatic N) is 1. The SMILES string of the molecule is O=C(O)C1CC2CCC1N2CCOCC(F)(F)F. The second-order valence-corrected chi connectivity index (χ2v) is 4.88. The molecule has 0 aromatic rings. The molecule has 1 N–H and O–H groups in total. The Hall–Kier alpha value is -0.820. The van der Waals surface area contributed by atoms with E-state index in [1.807, 2.05) is 4.90 Å². The summed E-state index contributed by atoms with van der Waals surface area (Å²) >= 11 is 0. The normalized spacial score (nSPS) is 32.1. The molecule has 0 radical (unpaired) electrons. The Labute approximate surface area is 103 Å². The maximum atomic E-state index is 11.9. The van der Waals surface area contributed by atoms with Gasteiger partial charge >= 0.3 is 12.1 Å². The molecule has 2 fully saturated rings. The highest BCUT2D eigenvalue weighted by Gasteiger charge is 2.48.